The molecule has 0 spiro atoms. The van der Waals surface area contributed by atoms with E-state index in [1.54, 1.807) is 19.4 Å². The number of aryl methyl sites for hydroxylation is 1. The van der Waals surface area contributed by atoms with Crippen LogP contribution < -0.4 is 4.74 Å². The van der Waals surface area contributed by atoms with E-state index in [-0.39, 0.29) is 6.61 Å². The molecule has 0 aliphatic heterocycles. The van der Waals surface area contributed by atoms with Gasteiger partial charge < -0.3 is 9.47 Å². The van der Waals surface area contributed by atoms with Gasteiger partial charge in [-0.25, -0.2) is 4.98 Å². The third-order valence-corrected chi connectivity index (χ3v) is 2.29. The van der Waals surface area contributed by atoms with Crippen LogP contribution in [0.1, 0.15) is 11.5 Å². The van der Waals surface area contributed by atoms with Crippen LogP contribution >= 0.6 is 11.6 Å². The largest absolute Gasteiger partial charge is 0.437 e. The van der Waals surface area contributed by atoms with E-state index in [0.717, 1.165) is 5.69 Å². The van der Waals surface area contributed by atoms with E-state index in [4.69, 9.17) is 21.1 Å². The van der Waals surface area contributed by atoms with Crippen molar-refractivity contribution in [2.24, 2.45) is 0 Å². The Morgan fingerprint density at radius 2 is 2.11 bits per heavy atom. The highest BCUT2D eigenvalue weighted by molar-refractivity contribution is 6.29. The third kappa shape index (κ3) is 3.38. The van der Waals surface area contributed by atoms with Gasteiger partial charge in [0.2, 0.25) is 5.88 Å². The average Bonchev–Trinajstić information content (AvgIpc) is 2.32. The number of nitrogens with zero attached hydrogens (tertiary/aromatic N) is 3. The molecule has 5 nitrogen and oxygen atoms in total. The van der Waals surface area contributed by atoms with Crippen LogP contribution in [0.5, 0.6) is 11.6 Å². The predicted molar refractivity (Wildman–Crippen MR) is 66.8 cm³/mol. The molecule has 0 saturated carbocycles. The van der Waals surface area contributed by atoms with Crippen LogP contribution in [0.2, 0.25) is 5.15 Å². The quantitative estimate of drug-likeness (QED) is 0.796. The van der Waals surface area contributed by atoms with Crippen molar-refractivity contribution >= 4 is 11.6 Å². The number of aromatic nitrogens is 3. The lowest BCUT2D eigenvalue weighted by atomic mass is 10.4. The first-order chi connectivity index (χ1) is 8.67. The van der Waals surface area contributed by atoms with Gasteiger partial charge in [-0.3, -0.25) is 4.98 Å². The first-order valence-electron chi connectivity index (χ1n) is 5.30. The van der Waals surface area contributed by atoms with Crippen molar-refractivity contribution in [2.75, 3.05) is 7.11 Å². The maximum atomic E-state index is 5.87. The van der Waals surface area contributed by atoms with Gasteiger partial charge in [0.25, 0.3) is 0 Å². The summed E-state index contributed by atoms with van der Waals surface area (Å²) in [5, 5.41) is 0.312. The second-order valence-corrected chi connectivity index (χ2v) is 4.00. The normalized spacial score (nSPS) is 10.4. The van der Waals surface area contributed by atoms with Crippen molar-refractivity contribution in [3.8, 4) is 11.6 Å². The standard InChI is InChI=1S/C12H12ClN3O2/c1-8-3-4-9(6-14-8)18-12-5-10(13)15-11(16-12)7-17-2/h3-6H,7H2,1-2H3. The molecule has 0 saturated heterocycles. The molecule has 2 heterocycles. The van der Waals surface area contributed by atoms with Crippen LogP contribution in [-0.2, 0) is 11.3 Å². The van der Waals surface area contributed by atoms with Crippen molar-refractivity contribution < 1.29 is 9.47 Å². The molecule has 0 bridgehead atoms. The van der Waals surface area contributed by atoms with E-state index in [0.29, 0.717) is 22.6 Å². The van der Waals surface area contributed by atoms with Gasteiger partial charge in [0, 0.05) is 18.9 Å². The Morgan fingerprint density at radius 3 is 2.78 bits per heavy atom. The maximum absolute atomic E-state index is 5.87. The van der Waals surface area contributed by atoms with Gasteiger partial charge in [-0.1, -0.05) is 11.6 Å². The zero-order valence-electron chi connectivity index (χ0n) is 10.1. The number of hydrogen-bond acceptors (Lipinski definition) is 5. The second kappa shape index (κ2) is 5.75. The summed E-state index contributed by atoms with van der Waals surface area (Å²) in [6.07, 6.45) is 1.63. The summed E-state index contributed by atoms with van der Waals surface area (Å²) in [4.78, 5) is 12.3. The van der Waals surface area contributed by atoms with Gasteiger partial charge in [-0.15, -0.1) is 0 Å². The van der Waals surface area contributed by atoms with Gasteiger partial charge in [0.15, 0.2) is 5.82 Å². The highest BCUT2D eigenvalue weighted by atomic mass is 35.5. The molecule has 0 radical (unpaired) electrons. The molecule has 0 atom stereocenters. The van der Waals surface area contributed by atoms with Crippen molar-refractivity contribution in [1.29, 1.82) is 0 Å². The molecule has 0 amide bonds. The number of halogens is 1. The molecule has 0 aliphatic rings. The molecule has 0 fully saturated rings. The highest BCUT2D eigenvalue weighted by Crippen LogP contribution is 2.21. The molecule has 2 rings (SSSR count). The van der Waals surface area contributed by atoms with E-state index in [9.17, 15) is 0 Å². The van der Waals surface area contributed by atoms with E-state index in [1.165, 1.54) is 0 Å². The first-order valence-corrected chi connectivity index (χ1v) is 5.68. The SMILES string of the molecule is COCc1nc(Cl)cc(Oc2ccc(C)nc2)n1. The summed E-state index contributed by atoms with van der Waals surface area (Å²) >= 11 is 5.87. The number of ether oxygens (including phenoxy) is 2. The molecular weight excluding hydrogens is 254 g/mol. The Hall–Kier alpha value is -1.72. The van der Waals surface area contributed by atoms with Crippen LogP contribution in [0.15, 0.2) is 24.4 Å². The van der Waals surface area contributed by atoms with Crippen molar-refractivity contribution in [1.82, 2.24) is 15.0 Å². The molecule has 0 N–H and O–H groups in total. The highest BCUT2D eigenvalue weighted by Gasteiger charge is 2.05. The van der Waals surface area contributed by atoms with E-state index >= 15 is 0 Å². The Morgan fingerprint density at radius 1 is 1.28 bits per heavy atom. The van der Waals surface area contributed by atoms with Crippen LogP contribution in [0.4, 0.5) is 0 Å². The second-order valence-electron chi connectivity index (χ2n) is 3.62. The van der Waals surface area contributed by atoms with Gasteiger partial charge in [-0.2, -0.15) is 4.98 Å². The van der Waals surface area contributed by atoms with Crippen LogP contribution in [0.25, 0.3) is 0 Å². The van der Waals surface area contributed by atoms with Crippen LogP contribution in [0, 0.1) is 6.92 Å². The topological polar surface area (TPSA) is 57.1 Å². The van der Waals surface area contributed by atoms with Crippen molar-refractivity contribution in [3.63, 3.8) is 0 Å². The van der Waals surface area contributed by atoms with Gasteiger partial charge >= 0.3 is 0 Å². The van der Waals surface area contributed by atoms with Crippen molar-refractivity contribution in [2.45, 2.75) is 13.5 Å². The first kappa shape index (κ1) is 12.7. The molecule has 2 aromatic rings. The number of pyridine rings is 1. The molecule has 6 heteroatoms. The van der Waals surface area contributed by atoms with Gasteiger partial charge in [-0.05, 0) is 19.1 Å². The van der Waals surface area contributed by atoms with E-state index < -0.39 is 0 Å². The van der Waals surface area contributed by atoms with Crippen molar-refractivity contribution in [3.05, 3.63) is 41.1 Å². The lowest BCUT2D eigenvalue weighted by Gasteiger charge is -2.06. The number of rotatable bonds is 4. The van der Waals surface area contributed by atoms with E-state index in [2.05, 4.69) is 15.0 Å². The summed E-state index contributed by atoms with van der Waals surface area (Å²) in [6, 6.07) is 5.21. The number of hydrogen-bond donors (Lipinski definition) is 0. The molecule has 2 aromatic heterocycles. The smallest absolute Gasteiger partial charge is 0.224 e. The minimum atomic E-state index is 0.281. The third-order valence-electron chi connectivity index (χ3n) is 2.10. The van der Waals surface area contributed by atoms with Gasteiger partial charge in [0.1, 0.15) is 17.5 Å². The fourth-order valence-electron chi connectivity index (χ4n) is 1.32. The lowest BCUT2D eigenvalue weighted by Crippen LogP contribution is -1.99. The van der Waals surface area contributed by atoms with Crippen LogP contribution in [-0.4, -0.2) is 22.1 Å². The average molecular weight is 266 g/mol. The monoisotopic (exact) mass is 265 g/mol. The summed E-state index contributed by atoms with van der Waals surface area (Å²) in [6.45, 7) is 2.19. The summed E-state index contributed by atoms with van der Waals surface area (Å²) < 4.78 is 10.5. The Kier molecular flexibility index (Phi) is 4.07. The Labute approximate surface area is 110 Å². The lowest BCUT2D eigenvalue weighted by molar-refractivity contribution is 0.177. The Balaban J connectivity index is 2.20. The fraction of sp³-hybridized carbons (Fsp3) is 0.250. The zero-order valence-corrected chi connectivity index (χ0v) is 10.8. The molecular formula is C12H12ClN3O2. The summed E-state index contributed by atoms with van der Waals surface area (Å²) in [5.74, 6) is 1.44. The number of methoxy groups -OCH3 is 1. The molecule has 0 aromatic carbocycles. The minimum Gasteiger partial charge on any atom is -0.437 e. The molecule has 0 unspecified atom stereocenters. The summed E-state index contributed by atoms with van der Waals surface area (Å²) in [5.41, 5.74) is 0.920. The fourth-order valence-corrected chi connectivity index (χ4v) is 1.51. The zero-order chi connectivity index (χ0) is 13.0. The molecule has 94 valence electrons. The maximum Gasteiger partial charge on any atom is 0.224 e. The molecule has 0 aliphatic carbocycles. The Bertz CT molecular complexity index is 531. The minimum absolute atomic E-state index is 0.281. The van der Waals surface area contributed by atoms with Crippen LogP contribution in [0.3, 0.4) is 0 Å². The van der Waals surface area contributed by atoms with Gasteiger partial charge in [0.05, 0.1) is 6.20 Å². The predicted octanol–water partition coefficient (Wildman–Crippen LogP) is 2.77. The molecule has 18 heavy (non-hydrogen) atoms. The van der Waals surface area contributed by atoms with E-state index in [1.807, 2.05) is 19.1 Å². The summed E-state index contributed by atoms with van der Waals surface area (Å²) in [7, 11) is 1.56.